The molecule has 126 valence electrons. The Balaban J connectivity index is 1.43. The monoisotopic (exact) mass is 322 g/mol. The normalized spacial score (nSPS) is 17.5. The van der Waals surface area contributed by atoms with Gasteiger partial charge in [0, 0.05) is 25.6 Å². The zero-order chi connectivity index (χ0) is 16.6. The molecule has 1 aliphatic rings. The van der Waals surface area contributed by atoms with Crippen molar-refractivity contribution < 1.29 is 4.79 Å². The molecule has 0 bridgehead atoms. The summed E-state index contributed by atoms with van der Waals surface area (Å²) in [7, 11) is 0. The van der Waals surface area contributed by atoms with Gasteiger partial charge >= 0.3 is 6.03 Å². The minimum absolute atomic E-state index is 0.0868. The molecule has 24 heavy (non-hydrogen) atoms. The molecule has 2 aromatic rings. The van der Waals surface area contributed by atoms with Crippen molar-refractivity contribution in [2.45, 2.75) is 31.6 Å². The fourth-order valence-electron chi connectivity index (χ4n) is 3.40. The lowest BCUT2D eigenvalue weighted by Gasteiger charge is -2.33. The Kier molecular flexibility index (Phi) is 5.89. The van der Waals surface area contributed by atoms with Crippen LogP contribution in [0.1, 0.15) is 36.3 Å². The smallest absolute Gasteiger partial charge is 0.317 e. The van der Waals surface area contributed by atoms with Crippen molar-refractivity contribution in [1.82, 2.24) is 10.2 Å². The summed E-state index contributed by atoms with van der Waals surface area (Å²) in [6, 6.07) is 21.1. The Morgan fingerprint density at radius 3 is 2.50 bits per heavy atom. The molecule has 1 unspecified atom stereocenters. The molecule has 0 aromatic heterocycles. The molecule has 1 atom stereocenters. The second-order valence-electron chi connectivity index (χ2n) is 6.52. The number of piperidine rings is 1. The Morgan fingerprint density at radius 1 is 1.04 bits per heavy atom. The van der Waals surface area contributed by atoms with Crippen molar-refractivity contribution in [3.05, 3.63) is 71.8 Å². The van der Waals surface area contributed by atoms with Gasteiger partial charge in [-0.1, -0.05) is 60.7 Å². The van der Waals surface area contributed by atoms with Crippen LogP contribution in [0.5, 0.6) is 0 Å². The highest BCUT2D eigenvalue weighted by Crippen LogP contribution is 2.26. The van der Waals surface area contributed by atoms with Crippen LogP contribution in [0.4, 0.5) is 4.79 Å². The van der Waals surface area contributed by atoms with Gasteiger partial charge in [0.05, 0.1) is 0 Å². The summed E-state index contributed by atoms with van der Waals surface area (Å²) >= 11 is 0. The van der Waals surface area contributed by atoms with E-state index < -0.39 is 0 Å². The van der Waals surface area contributed by atoms with Gasteiger partial charge in [-0.15, -0.1) is 0 Å². The van der Waals surface area contributed by atoms with Crippen LogP contribution in [-0.2, 0) is 6.42 Å². The Hall–Kier alpha value is -2.29. The topological polar surface area (TPSA) is 32.3 Å². The largest absolute Gasteiger partial charge is 0.338 e. The first kappa shape index (κ1) is 16.6. The fraction of sp³-hybridized carbons (Fsp3) is 0.381. The molecule has 0 radical (unpaired) electrons. The lowest BCUT2D eigenvalue weighted by Crippen LogP contribution is -2.45. The highest BCUT2D eigenvalue weighted by molar-refractivity contribution is 5.74. The lowest BCUT2D eigenvalue weighted by atomic mass is 9.91. The molecule has 3 nitrogen and oxygen atoms in total. The van der Waals surface area contributed by atoms with E-state index in [1.807, 2.05) is 17.0 Å². The third-order valence-corrected chi connectivity index (χ3v) is 4.74. The van der Waals surface area contributed by atoms with Crippen molar-refractivity contribution >= 4 is 6.03 Å². The maximum atomic E-state index is 12.4. The number of aryl methyl sites for hydroxylation is 1. The Bertz CT molecular complexity index is 627. The van der Waals surface area contributed by atoms with Gasteiger partial charge in [0.25, 0.3) is 0 Å². The Morgan fingerprint density at radius 2 is 1.75 bits per heavy atom. The average molecular weight is 322 g/mol. The molecule has 0 saturated carbocycles. The van der Waals surface area contributed by atoms with Gasteiger partial charge in [-0.25, -0.2) is 4.79 Å². The number of rotatable bonds is 5. The molecule has 0 aliphatic carbocycles. The Labute approximate surface area is 144 Å². The van der Waals surface area contributed by atoms with Gasteiger partial charge in [-0.2, -0.15) is 0 Å². The zero-order valence-electron chi connectivity index (χ0n) is 14.2. The van der Waals surface area contributed by atoms with Gasteiger partial charge in [-0.3, -0.25) is 0 Å². The van der Waals surface area contributed by atoms with Crippen LogP contribution >= 0.6 is 0 Å². The SMILES string of the molecule is O=C(NCCCc1ccccc1)N1CCCC(c2ccccc2)C1. The van der Waals surface area contributed by atoms with Crippen LogP contribution in [0.2, 0.25) is 0 Å². The van der Waals surface area contributed by atoms with Gasteiger partial charge in [-0.05, 0) is 36.8 Å². The van der Waals surface area contributed by atoms with E-state index in [0.29, 0.717) is 5.92 Å². The van der Waals surface area contributed by atoms with Gasteiger partial charge in [0.15, 0.2) is 0 Å². The van der Waals surface area contributed by atoms with E-state index >= 15 is 0 Å². The first-order valence-corrected chi connectivity index (χ1v) is 8.94. The molecule has 2 aromatic carbocycles. The van der Waals surface area contributed by atoms with E-state index in [0.717, 1.165) is 38.9 Å². The molecular weight excluding hydrogens is 296 g/mol. The number of carbonyl (C=O) groups excluding carboxylic acids is 1. The molecule has 1 N–H and O–H groups in total. The first-order valence-electron chi connectivity index (χ1n) is 8.94. The van der Waals surface area contributed by atoms with Crippen LogP contribution in [0.3, 0.4) is 0 Å². The second-order valence-corrected chi connectivity index (χ2v) is 6.52. The van der Waals surface area contributed by atoms with Crippen LogP contribution in [0, 0.1) is 0 Å². The summed E-state index contributed by atoms with van der Waals surface area (Å²) < 4.78 is 0. The number of urea groups is 1. The molecule has 1 heterocycles. The van der Waals surface area contributed by atoms with E-state index in [2.05, 4.69) is 53.8 Å². The maximum absolute atomic E-state index is 12.4. The molecule has 1 aliphatic heterocycles. The number of carbonyl (C=O) groups is 1. The van der Waals surface area contributed by atoms with Crippen molar-refractivity contribution in [3.8, 4) is 0 Å². The molecule has 1 fully saturated rings. The highest BCUT2D eigenvalue weighted by atomic mass is 16.2. The summed E-state index contributed by atoms with van der Waals surface area (Å²) in [5.74, 6) is 0.468. The van der Waals surface area contributed by atoms with E-state index in [4.69, 9.17) is 0 Å². The van der Waals surface area contributed by atoms with Crippen molar-refractivity contribution in [2.24, 2.45) is 0 Å². The number of hydrogen-bond donors (Lipinski definition) is 1. The van der Waals surface area contributed by atoms with Crippen molar-refractivity contribution in [3.63, 3.8) is 0 Å². The number of amides is 2. The number of nitrogens with one attached hydrogen (secondary N) is 1. The summed E-state index contributed by atoms with van der Waals surface area (Å²) in [4.78, 5) is 14.4. The minimum Gasteiger partial charge on any atom is -0.338 e. The van der Waals surface area contributed by atoms with Gasteiger partial charge in [0.2, 0.25) is 0 Å². The third-order valence-electron chi connectivity index (χ3n) is 4.74. The van der Waals surface area contributed by atoms with Crippen LogP contribution < -0.4 is 5.32 Å². The molecular formula is C21H26N2O. The van der Waals surface area contributed by atoms with Crippen LogP contribution in [0.15, 0.2) is 60.7 Å². The van der Waals surface area contributed by atoms with Crippen molar-refractivity contribution in [2.75, 3.05) is 19.6 Å². The van der Waals surface area contributed by atoms with E-state index in [1.54, 1.807) is 0 Å². The lowest BCUT2D eigenvalue weighted by molar-refractivity contribution is 0.179. The summed E-state index contributed by atoms with van der Waals surface area (Å²) in [5, 5.41) is 3.08. The first-order chi connectivity index (χ1) is 11.8. The number of likely N-dealkylation sites (tertiary alicyclic amines) is 1. The maximum Gasteiger partial charge on any atom is 0.317 e. The quantitative estimate of drug-likeness (QED) is 0.822. The molecule has 0 spiro atoms. The van der Waals surface area contributed by atoms with E-state index in [-0.39, 0.29) is 6.03 Å². The fourth-order valence-corrected chi connectivity index (χ4v) is 3.40. The van der Waals surface area contributed by atoms with Gasteiger partial charge < -0.3 is 10.2 Å². The highest BCUT2D eigenvalue weighted by Gasteiger charge is 2.24. The minimum atomic E-state index is 0.0868. The predicted octanol–water partition coefficient (Wildman–Crippen LogP) is 4.21. The van der Waals surface area contributed by atoms with E-state index in [1.165, 1.54) is 17.5 Å². The second kappa shape index (κ2) is 8.53. The summed E-state index contributed by atoms with van der Waals surface area (Å²) in [6.07, 6.45) is 4.23. The molecule has 3 rings (SSSR count). The van der Waals surface area contributed by atoms with Gasteiger partial charge in [0.1, 0.15) is 0 Å². The van der Waals surface area contributed by atoms with Crippen LogP contribution in [0.25, 0.3) is 0 Å². The molecule has 1 saturated heterocycles. The zero-order valence-corrected chi connectivity index (χ0v) is 14.2. The molecule has 3 heteroatoms. The van der Waals surface area contributed by atoms with E-state index in [9.17, 15) is 4.79 Å². The standard InChI is InChI=1S/C21H26N2O/c24-21(22-15-7-11-18-9-3-1-4-10-18)23-16-8-14-20(17-23)19-12-5-2-6-13-19/h1-6,9-10,12-13,20H,7-8,11,14-17H2,(H,22,24). The number of nitrogens with zero attached hydrogens (tertiary/aromatic N) is 1. The third kappa shape index (κ3) is 4.60. The number of hydrogen-bond acceptors (Lipinski definition) is 1. The predicted molar refractivity (Wildman–Crippen MR) is 98.2 cm³/mol. The van der Waals surface area contributed by atoms with Crippen molar-refractivity contribution in [1.29, 1.82) is 0 Å². The summed E-state index contributed by atoms with van der Waals surface area (Å²) in [6.45, 7) is 2.43. The summed E-state index contributed by atoms with van der Waals surface area (Å²) in [5.41, 5.74) is 2.67. The molecule has 2 amide bonds. The van der Waals surface area contributed by atoms with Crippen LogP contribution in [-0.4, -0.2) is 30.6 Å². The average Bonchev–Trinajstić information content (AvgIpc) is 2.67. The number of benzene rings is 2.